The molecule has 0 saturated carbocycles. The molecule has 120 valence electrons. The smallest absolute Gasteiger partial charge is 0.410 e. The second-order valence-corrected chi connectivity index (χ2v) is 5.47. The summed E-state index contributed by atoms with van der Waals surface area (Å²) >= 11 is 0. The van der Waals surface area contributed by atoms with Gasteiger partial charge >= 0.3 is 6.09 Å². The fourth-order valence-corrected chi connectivity index (χ4v) is 2.25. The summed E-state index contributed by atoms with van der Waals surface area (Å²) in [5.41, 5.74) is 0.967. The van der Waals surface area contributed by atoms with Crippen molar-refractivity contribution in [3.8, 4) is 5.75 Å². The minimum absolute atomic E-state index is 0.136. The molecular formula is C17H23NO4. The number of rotatable bonds is 8. The average molecular weight is 305 g/mol. The molecule has 2 rings (SSSR count). The lowest BCUT2D eigenvalue weighted by molar-refractivity contribution is 0.0993. The maximum absolute atomic E-state index is 11.7. The standard InChI is InChI=1S/C17H23NO4/c1-4-9-20-11-14-7-5-6-8-16(14)21-12-15-10-18(13(2)3)17(19)22-15/h4-8,13,15H,1,9-12H2,2-3H3. The Kier molecular flexibility index (Phi) is 5.83. The van der Waals surface area contributed by atoms with Crippen LogP contribution in [0.3, 0.4) is 0 Å². The molecule has 1 fully saturated rings. The maximum Gasteiger partial charge on any atom is 0.410 e. The van der Waals surface area contributed by atoms with Crippen LogP contribution in [0.25, 0.3) is 0 Å². The first-order chi connectivity index (χ1) is 10.6. The van der Waals surface area contributed by atoms with Crippen molar-refractivity contribution in [2.24, 2.45) is 0 Å². The molecule has 22 heavy (non-hydrogen) atoms. The molecule has 1 aromatic rings. The van der Waals surface area contributed by atoms with Gasteiger partial charge in [-0.05, 0) is 19.9 Å². The molecule has 0 N–H and O–H groups in total. The van der Waals surface area contributed by atoms with E-state index in [1.165, 1.54) is 0 Å². The van der Waals surface area contributed by atoms with Crippen molar-refractivity contribution < 1.29 is 19.0 Å². The number of para-hydroxylation sites is 1. The topological polar surface area (TPSA) is 48.0 Å². The summed E-state index contributed by atoms with van der Waals surface area (Å²) < 4.78 is 16.6. The summed E-state index contributed by atoms with van der Waals surface area (Å²) in [5, 5.41) is 0. The van der Waals surface area contributed by atoms with Crippen LogP contribution in [0.5, 0.6) is 5.75 Å². The van der Waals surface area contributed by atoms with Gasteiger partial charge in [0, 0.05) is 11.6 Å². The number of carbonyl (C=O) groups is 1. The third-order valence-corrected chi connectivity index (χ3v) is 3.42. The number of benzene rings is 1. The fourth-order valence-electron chi connectivity index (χ4n) is 2.25. The Morgan fingerprint density at radius 2 is 2.23 bits per heavy atom. The number of cyclic esters (lactones) is 1. The normalized spacial score (nSPS) is 17.7. The Morgan fingerprint density at radius 3 is 2.91 bits per heavy atom. The molecule has 1 amide bonds. The number of amides is 1. The highest BCUT2D eigenvalue weighted by Crippen LogP contribution is 2.21. The molecule has 0 aromatic heterocycles. The van der Waals surface area contributed by atoms with Gasteiger partial charge in [-0.1, -0.05) is 24.3 Å². The van der Waals surface area contributed by atoms with Gasteiger partial charge < -0.3 is 19.1 Å². The summed E-state index contributed by atoms with van der Waals surface area (Å²) in [7, 11) is 0. The Hall–Kier alpha value is -2.01. The van der Waals surface area contributed by atoms with Crippen molar-refractivity contribution >= 4 is 6.09 Å². The van der Waals surface area contributed by atoms with E-state index < -0.39 is 0 Å². The van der Waals surface area contributed by atoms with E-state index >= 15 is 0 Å². The highest BCUT2D eigenvalue weighted by Gasteiger charge is 2.33. The minimum atomic E-state index is -0.272. The van der Waals surface area contributed by atoms with E-state index in [9.17, 15) is 4.79 Å². The lowest BCUT2D eigenvalue weighted by Crippen LogP contribution is -2.32. The van der Waals surface area contributed by atoms with Crippen LogP contribution in [0.1, 0.15) is 19.4 Å². The fraction of sp³-hybridized carbons (Fsp3) is 0.471. The maximum atomic E-state index is 11.7. The molecule has 1 atom stereocenters. The quantitative estimate of drug-likeness (QED) is 0.547. The lowest BCUT2D eigenvalue weighted by atomic mass is 10.2. The van der Waals surface area contributed by atoms with Crippen LogP contribution in [-0.2, 0) is 16.1 Å². The number of carbonyl (C=O) groups excluding carboxylic acids is 1. The van der Waals surface area contributed by atoms with E-state index in [1.54, 1.807) is 11.0 Å². The van der Waals surface area contributed by atoms with E-state index in [-0.39, 0.29) is 18.2 Å². The second-order valence-electron chi connectivity index (χ2n) is 5.47. The largest absolute Gasteiger partial charge is 0.489 e. The predicted molar refractivity (Wildman–Crippen MR) is 83.9 cm³/mol. The first kappa shape index (κ1) is 16.4. The minimum Gasteiger partial charge on any atom is -0.489 e. The average Bonchev–Trinajstić information content (AvgIpc) is 2.88. The summed E-state index contributed by atoms with van der Waals surface area (Å²) in [6.45, 7) is 9.42. The summed E-state index contributed by atoms with van der Waals surface area (Å²) in [6, 6.07) is 7.84. The van der Waals surface area contributed by atoms with Crippen LogP contribution in [0, 0.1) is 0 Å². The molecule has 5 heteroatoms. The van der Waals surface area contributed by atoms with Crippen molar-refractivity contribution in [2.75, 3.05) is 19.8 Å². The van der Waals surface area contributed by atoms with Crippen LogP contribution in [0.15, 0.2) is 36.9 Å². The van der Waals surface area contributed by atoms with Crippen LogP contribution >= 0.6 is 0 Å². The van der Waals surface area contributed by atoms with E-state index in [1.807, 2.05) is 38.1 Å². The lowest BCUT2D eigenvalue weighted by Gasteiger charge is -2.17. The van der Waals surface area contributed by atoms with Crippen LogP contribution in [0.2, 0.25) is 0 Å². The van der Waals surface area contributed by atoms with E-state index in [2.05, 4.69) is 6.58 Å². The molecule has 1 aromatic carbocycles. The van der Waals surface area contributed by atoms with Gasteiger partial charge in [-0.2, -0.15) is 0 Å². The van der Waals surface area contributed by atoms with Gasteiger partial charge in [0.05, 0.1) is 19.8 Å². The van der Waals surface area contributed by atoms with Crippen molar-refractivity contribution in [1.82, 2.24) is 4.90 Å². The Labute approximate surface area is 131 Å². The molecule has 1 aliphatic heterocycles. The molecule has 0 bridgehead atoms. The van der Waals surface area contributed by atoms with E-state index in [0.29, 0.717) is 26.4 Å². The molecule has 0 spiro atoms. The molecule has 1 unspecified atom stereocenters. The number of nitrogens with zero attached hydrogens (tertiary/aromatic N) is 1. The number of hydrogen-bond acceptors (Lipinski definition) is 4. The molecule has 1 saturated heterocycles. The zero-order chi connectivity index (χ0) is 15.9. The first-order valence-electron chi connectivity index (χ1n) is 7.48. The molecular weight excluding hydrogens is 282 g/mol. The summed E-state index contributed by atoms with van der Waals surface area (Å²) in [5.74, 6) is 0.755. The molecule has 1 heterocycles. The SMILES string of the molecule is C=CCOCc1ccccc1OCC1CN(C(C)C)C(=O)O1. The number of ether oxygens (including phenoxy) is 3. The summed E-state index contributed by atoms with van der Waals surface area (Å²) in [4.78, 5) is 13.4. The highest BCUT2D eigenvalue weighted by molar-refractivity contribution is 5.70. The van der Waals surface area contributed by atoms with Crippen LogP contribution in [0.4, 0.5) is 4.79 Å². The van der Waals surface area contributed by atoms with Crippen LogP contribution in [-0.4, -0.2) is 42.9 Å². The monoisotopic (exact) mass is 305 g/mol. The zero-order valence-corrected chi connectivity index (χ0v) is 13.2. The van der Waals surface area contributed by atoms with Gasteiger partial charge in [-0.25, -0.2) is 4.79 Å². The third-order valence-electron chi connectivity index (χ3n) is 3.42. The second kappa shape index (κ2) is 7.84. The van der Waals surface area contributed by atoms with Crippen molar-refractivity contribution in [3.05, 3.63) is 42.5 Å². The van der Waals surface area contributed by atoms with Gasteiger partial charge in [0.15, 0.2) is 6.10 Å². The first-order valence-corrected chi connectivity index (χ1v) is 7.48. The molecule has 5 nitrogen and oxygen atoms in total. The van der Waals surface area contributed by atoms with Crippen molar-refractivity contribution in [2.45, 2.75) is 32.6 Å². The van der Waals surface area contributed by atoms with Crippen molar-refractivity contribution in [1.29, 1.82) is 0 Å². The van der Waals surface area contributed by atoms with Gasteiger partial charge in [-0.15, -0.1) is 6.58 Å². The zero-order valence-electron chi connectivity index (χ0n) is 13.2. The van der Waals surface area contributed by atoms with Crippen molar-refractivity contribution in [3.63, 3.8) is 0 Å². The van der Waals surface area contributed by atoms with Crippen LogP contribution < -0.4 is 4.74 Å². The molecule has 0 aliphatic carbocycles. The molecule has 1 aliphatic rings. The molecule has 0 radical (unpaired) electrons. The predicted octanol–water partition coefficient (Wildman–Crippen LogP) is 3.00. The number of hydrogen-bond donors (Lipinski definition) is 0. The van der Waals surface area contributed by atoms with Gasteiger partial charge in [0.1, 0.15) is 12.4 Å². The Morgan fingerprint density at radius 1 is 1.45 bits per heavy atom. The summed E-state index contributed by atoms with van der Waals surface area (Å²) in [6.07, 6.45) is 1.20. The van der Waals surface area contributed by atoms with Gasteiger partial charge in [0.2, 0.25) is 0 Å². The van der Waals surface area contributed by atoms with Gasteiger partial charge in [0.25, 0.3) is 0 Å². The Balaban J connectivity index is 1.89. The van der Waals surface area contributed by atoms with E-state index in [4.69, 9.17) is 14.2 Å². The van der Waals surface area contributed by atoms with E-state index in [0.717, 1.165) is 11.3 Å². The Bertz CT molecular complexity index is 515. The third kappa shape index (κ3) is 4.24. The van der Waals surface area contributed by atoms with Gasteiger partial charge in [-0.3, -0.25) is 0 Å². The highest BCUT2D eigenvalue weighted by atomic mass is 16.6.